The van der Waals surface area contributed by atoms with Gasteiger partial charge in [0.1, 0.15) is 0 Å². The SMILES string of the molecule is CCCc1nnc(S[C@@H](C)C(=O)Nc2ccccc2Cl)n1N. The Hall–Kier alpha value is -1.73. The van der Waals surface area contributed by atoms with E-state index in [-0.39, 0.29) is 11.2 Å². The summed E-state index contributed by atoms with van der Waals surface area (Å²) in [6.07, 6.45) is 1.69. The average molecular weight is 340 g/mol. The van der Waals surface area contributed by atoms with Crippen molar-refractivity contribution >= 4 is 35.0 Å². The summed E-state index contributed by atoms with van der Waals surface area (Å²) in [6, 6.07) is 7.10. The van der Waals surface area contributed by atoms with Crippen LogP contribution in [0.3, 0.4) is 0 Å². The quantitative estimate of drug-likeness (QED) is 0.624. The summed E-state index contributed by atoms with van der Waals surface area (Å²) in [5.74, 6) is 6.48. The van der Waals surface area contributed by atoms with Crippen LogP contribution in [0.4, 0.5) is 5.69 Å². The number of hydrogen-bond acceptors (Lipinski definition) is 5. The van der Waals surface area contributed by atoms with Gasteiger partial charge in [-0.15, -0.1) is 10.2 Å². The Morgan fingerprint density at radius 1 is 1.45 bits per heavy atom. The molecule has 0 unspecified atom stereocenters. The Morgan fingerprint density at radius 2 is 2.18 bits per heavy atom. The van der Waals surface area contributed by atoms with Crippen LogP contribution >= 0.6 is 23.4 Å². The van der Waals surface area contributed by atoms with Gasteiger partial charge in [-0.05, 0) is 25.5 Å². The van der Waals surface area contributed by atoms with E-state index in [9.17, 15) is 4.79 Å². The molecule has 0 radical (unpaired) electrons. The van der Waals surface area contributed by atoms with Gasteiger partial charge in [-0.3, -0.25) is 4.79 Å². The van der Waals surface area contributed by atoms with Crippen molar-refractivity contribution in [3.05, 3.63) is 35.1 Å². The molecule has 0 saturated carbocycles. The molecule has 2 rings (SSSR count). The summed E-state index contributed by atoms with van der Waals surface area (Å²) < 4.78 is 1.44. The smallest absolute Gasteiger partial charge is 0.237 e. The van der Waals surface area contributed by atoms with Gasteiger partial charge in [0.05, 0.1) is 16.0 Å². The highest BCUT2D eigenvalue weighted by Crippen LogP contribution is 2.25. The second-order valence-electron chi connectivity index (χ2n) is 4.75. The fourth-order valence-electron chi connectivity index (χ4n) is 1.79. The van der Waals surface area contributed by atoms with Gasteiger partial charge < -0.3 is 11.2 Å². The monoisotopic (exact) mass is 339 g/mol. The van der Waals surface area contributed by atoms with Crippen LogP contribution in [0, 0.1) is 0 Å². The third-order valence-corrected chi connectivity index (χ3v) is 4.38. The lowest BCUT2D eigenvalue weighted by Gasteiger charge is -2.12. The molecule has 0 saturated heterocycles. The molecule has 1 atom stereocenters. The lowest BCUT2D eigenvalue weighted by atomic mass is 10.3. The third kappa shape index (κ3) is 3.92. The number of nitrogens with one attached hydrogen (secondary N) is 1. The van der Waals surface area contributed by atoms with Crippen LogP contribution in [-0.2, 0) is 11.2 Å². The summed E-state index contributed by atoms with van der Waals surface area (Å²) in [5.41, 5.74) is 0.586. The highest BCUT2D eigenvalue weighted by Gasteiger charge is 2.19. The number of halogens is 1. The first-order valence-corrected chi connectivity index (χ1v) is 8.20. The molecule has 0 fully saturated rings. The zero-order valence-corrected chi connectivity index (χ0v) is 14.0. The van der Waals surface area contributed by atoms with Crippen LogP contribution in [-0.4, -0.2) is 26.0 Å². The highest BCUT2D eigenvalue weighted by molar-refractivity contribution is 8.00. The van der Waals surface area contributed by atoms with E-state index >= 15 is 0 Å². The zero-order chi connectivity index (χ0) is 16.1. The molecule has 0 aliphatic heterocycles. The van der Waals surface area contributed by atoms with Gasteiger partial charge in [0.2, 0.25) is 11.1 Å². The zero-order valence-electron chi connectivity index (χ0n) is 12.4. The van der Waals surface area contributed by atoms with Crippen molar-refractivity contribution in [2.24, 2.45) is 0 Å². The molecule has 0 aliphatic carbocycles. The minimum atomic E-state index is -0.378. The number of aromatic nitrogens is 3. The molecule has 1 aromatic carbocycles. The van der Waals surface area contributed by atoms with Gasteiger partial charge in [0, 0.05) is 6.42 Å². The molecule has 1 heterocycles. The normalized spacial score (nSPS) is 12.1. The van der Waals surface area contributed by atoms with Crippen LogP contribution in [0.5, 0.6) is 0 Å². The number of amides is 1. The van der Waals surface area contributed by atoms with Crippen LogP contribution in [0.25, 0.3) is 0 Å². The van der Waals surface area contributed by atoms with E-state index in [1.165, 1.54) is 16.4 Å². The molecule has 0 aliphatic rings. The molecule has 22 heavy (non-hydrogen) atoms. The Morgan fingerprint density at radius 3 is 2.86 bits per heavy atom. The summed E-state index contributed by atoms with van der Waals surface area (Å²) in [4.78, 5) is 12.2. The van der Waals surface area contributed by atoms with Crippen LogP contribution < -0.4 is 11.2 Å². The highest BCUT2D eigenvalue weighted by atomic mass is 35.5. The van der Waals surface area contributed by atoms with Crippen LogP contribution in [0.1, 0.15) is 26.1 Å². The number of carbonyl (C=O) groups excluding carboxylic acids is 1. The number of thioether (sulfide) groups is 1. The number of nitrogens with zero attached hydrogens (tertiary/aromatic N) is 3. The predicted octanol–water partition coefficient (Wildman–Crippen LogP) is 2.72. The van der Waals surface area contributed by atoms with E-state index in [1.807, 2.05) is 19.1 Å². The first-order valence-electron chi connectivity index (χ1n) is 6.94. The van der Waals surface area contributed by atoms with Gasteiger partial charge in [-0.1, -0.05) is 42.4 Å². The second-order valence-corrected chi connectivity index (χ2v) is 6.46. The van der Waals surface area contributed by atoms with Crippen LogP contribution in [0.15, 0.2) is 29.4 Å². The topological polar surface area (TPSA) is 85.8 Å². The standard InChI is InChI=1S/C14H18ClN5OS/c1-3-6-12-18-19-14(20(12)16)22-9(2)13(21)17-11-8-5-4-7-10(11)15/h4-5,7-9H,3,6,16H2,1-2H3,(H,17,21)/t9-/m0/s1. The van der Waals surface area contributed by atoms with Crippen molar-refractivity contribution in [1.82, 2.24) is 14.9 Å². The molecule has 3 N–H and O–H groups in total. The number of para-hydroxylation sites is 1. The molecule has 0 bridgehead atoms. The molecular weight excluding hydrogens is 322 g/mol. The largest absolute Gasteiger partial charge is 0.336 e. The van der Waals surface area contributed by atoms with Crippen molar-refractivity contribution in [2.45, 2.75) is 37.1 Å². The molecule has 1 amide bonds. The number of carbonyl (C=O) groups is 1. The summed E-state index contributed by atoms with van der Waals surface area (Å²) in [6.45, 7) is 3.83. The molecule has 0 spiro atoms. The van der Waals surface area contributed by atoms with E-state index in [0.717, 1.165) is 12.8 Å². The lowest BCUT2D eigenvalue weighted by molar-refractivity contribution is -0.115. The average Bonchev–Trinajstić information content (AvgIpc) is 2.83. The molecule has 1 aromatic heterocycles. The Labute approximate surface area is 138 Å². The molecule has 118 valence electrons. The minimum Gasteiger partial charge on any atom is -0.336 e. The van der Waals surface area contributed by atoms with Crippen molar-refractivity contribution in [3.8, 4) is 0 Å². The molecule has 2 aromatic rings. The third-order valence-electron chi connectivity index (χ3n) is 2.99. The number of benzene rings is 1. The Bertz CT molecular complexity index is 660. The lowest BCUT2D eigenvalue weighted by Crippen LogP contribution is -2.24. The van der Waals surface area contributed by atoms with E-state index in [4.69, 9.17) is 17.4 Å². The van der Waals surface area contributed by atoms with Gasteiger partial charge in [-0.2, -0.15) is 0 Å². The van der Waals surface area contributed by atoms with E-state index in [0.29, 0.717) is 21.7 Å². The van der Waals surface area contributed by atoms with Crippen molar-refractivity contribution in [2.75, 3.05) is 11.2 Å². The summed E-state index contributed by atoms with van der Waals surface area (Å²) >= 11 is 7.29. The fraction of sp³-hybridized carbons (Fsp3) is 0.357. The van der Waals surface area contributed by atoms with Crippen LogP contribution in [0.2, 0.25) is 5.02 Å². The second kappa shape index (κ2) is 7.51. The predicted molar refractivity (Wildman–Crippen MR) is 89.6 cm³/mol. The maximum absolute atomic E-state index is 12.2. The minimum absolute atomic E-state index is 0.168. The fourth-order valence-corrected chi connectivity index (χ4v) is 2.76. The Balaban J connectivity index is 2.01. The van der Waals surface area contributed by atoms with E-state index in [2.05, 4.69) is 15.5 Å². The summed E-state index contributed by atoms with van der Waals surface area (Å²) in [7, 11) is 0. The number of anilines is 1. The van der Waals surface area contributed by atoms with Gasteiger partial charge in [-0.25, -0.2) is 4.68 Å². The van der Waals surface area contributed by atoms with Crippen molar-refractivity contribution < 1.29 is 4.79 Å². The molecule has 6 nitrogen and oxygen atoms in total. The van der Waals surface area contributed by atoms with Crippen molar-refractivity contribution in [3.63, 3.8) is 0 Å². The Kier molecular flexibility index (Phi) is 5.68. The number of rotatable bonds is 6. The first kappa shape index (κ1) is 16.6. The summed E-state index contributed by atoms with van der Waals surface area (Å²) in [5, 5.41) is 11.5. The number of nitrogens with two attached hydrogens (primary N) is 1. The molecular formula is C14H18ClN5OS. The number of nitrogen functional groups attached to an aromatic ring is 1. The first-order chi connectivity index (χ1) is 10.5. The van der Waals surface area contributed by atoms with Gasteiger partial charge >= 0.3 is 0 Å². The number of hydrogen-bond donors (Lipinski definition) is 2. The van der Waals surface area contributed by atoms with Gasteiger partial charge in [0.25, 0.3) is 0 Å². The molecule has 8 heteroatoms. The number of aryl methyl sites for hydroxylation is 1. The maximum Gasteiger partial charge on any atom is 0.237 e. The van der Waals surface area contributed by atoms with Gasteiger partial charge in [0.15, 0.2) is 5.82 Å². The van der Waals surface area contributed by atoms with E-state index in [1.54, 1.807) is 19.1 Å². The van der Waals surface area contributed by atoms with Crippen molar-refractivity contribution in [1.29, 1.82) is 0 Å². The maximum atomic E-state index is 12.2. The van der Waals surface area contributed by atoms with E-state index < -0.39 is 0 Å².